The Morgan fingerprint density at radius 2 is 1.41 bits per heavy atom. The molecular weight excluding hydrogens is 472 g/mol. The second kappa shape index (κ2) is 14.0. The molecule has 0 spiro atoms. The number of amides is 3. The highest BCUT2D eigenvalue weighted by atomic mass is 32.1. The van der Waals surface area contributed by atoms with Gasteiger partial charge in [0, 0.05) is 18.6 Å². The summed E-state index contributed by atoms with van der Waals surface area (Å²) in [6, 6.07) is 0.318. The Hall–Kier alpha value is -3.36. The van der Waals surface area contributed by atoms with Crippen LogP contribution < -0.4 is 21.7 Å². The van der Waals surface area contributed by atoms with Gasteiger partial charge in [0.2, 0.25) is 17.7 Å². The van der Waals surface area contributed by atoms with Crippen LogP contribution in [-0.4, -0.2) is 86.6 Å². The maximum absolute atomic E-state index is 12.9. The summed E-state index contributed by atoms with van der Waals surface area (Å²) in [5.41, 5.74) is 5.92. The van der Waals surface area contributed by atoms with E-state index in [-0.39, 0.29) is 24.3 Å². The third-order valence-corrected chi connectivity index (χ3v) is 4.98. The molecule has 0 fully saturated rings. The average molecular weight is 501 g/mol. The zero-order chi connectivity index (χ0) is 25.8. The number of thiol groups is 1. The summed E-state index contributed by atoms with van der Waals surface area (Å²) < 4.78 is 0. The number of aliphatic hydroxyl groups is 1. The van der Waals surface area contributed by atoms with E-state index in [0.717, 1.165) is 0 Å². The number of carbonyl (C=O) groups is 5. The number of phenolic OH excluding ortho intramolecular Hbond substituents is 1. The van der Waals surface area contributed by atoms with Crippen LogP contribution in [0, 0.1) is 0 Å². The van der Waals surface area contributed by atoms with Gasteiger partial charge in [0.1, 0.15) is 29.9 Å². The van der Waals surface area contributed by atoms with Crippen molar-refractivity contribution in [3.8, 4) is 5.75 Å². The lowest BCUT2D eigenvalue weighted by Crippen LogP contribution is -2.58. The lowest BCUT2D eigenvalue weighted by atomic mass is 10.0. The van der Waals surface area contributed by atoms with Crippen molar-refractivity contribution in [2.75, 3.05) is 12.4 Å². The molecule has 13 nitrogen and oxygen atoms in total. The fourth-order valence-corrected chi connectivity index (χ4v) is 2.96. The molecule has 0 heterocycles. The molecule has 3 amide bonds. The molecule has 0 saturated carbocycles. The summed E-state index contributed by atoms with van der Waals surface area (Å²) in [4.78, 5) is 59.7. The summed E-state index contributed by atoms with van der Waals surface area (Å²) >= 11 is 4.00. The monoisotopic (exact) mass is 500 g/mol. The van der Waals surface area contributed by atoms with Crippen molar-refractivity contribution in [3.05, 3.63) is 29.8 Å². The maximum atomic E-state index is 12.9. The molecule has 9 N–H and O–H groups in total. The number of benzene rings is 1. The lowest BCUT2D eigenvalue weighted by Gasteiger charge is -2.24. The molecule has 0 saturated heterocycles. The van der Waals surface area contributed by atoms with Crippen LogP contribution in [-0.2, 0) is 30.4 Å². The predicted molar refractivity (Wildman–Crippen MR) is 121 cm³/mol. The van der Waals surface area contributed by atoms with E-state index in [9.17, 15) is 34.2 Å². The van der Waals surface area contributed by atoms with Crippen molar-refractivity contribution in [1.82, 2.24) is 16.0 Å². The van der Waals surface area contributed by atoms with Gasteiger partial charge in [0.05, 0.1) is 6.61 Å². The highest BCUT2D eigenvalue weighted by Gasteiger charge is 2.30. The molecule has 0 radical (unpaired) electrons. The van der Waals surface area contributed by atoms with Crippen LogP contribution in [0.4, 0.5) is 0 Å². The smallest absolute Gasteiger partial charge is 0.326 e. The first kappa shape index (κ1) is 28.7. The Labute approximate surface area is 200 Å². The summed E-state index contributed by atoms with van der Waals surface area (Å²) in [6.45, 7) is -0.661. The first-order valence-corrected chi connectivity index (χ1v) is 10.7. The Bertz CT molecular complexity index is 881. The number of carboxylic acid groups (broad SMARTS) is 2. The minimum Gasteiger partial charge on any atom is -0.508 e. The minimum atomic E-state index is -1.52. The molecule has 0 aromatic heterocycles. The number of carbonyl (C=O) groups excluding carboxylic acids is 3. The molecule has 4 atom stereocenters. The summed E-state index contributed by atoms with van der Waals surface area (Å²) in [7, 11) is 0. The predicted octanol–water partition coefficient (Wildman–Crippen LogP) is -2.41. The Balaban J connectivity index is 3.06. The fourth-order valence-electron chi connectivity index (χ4n) is 2.70. The van der Waals surface area contributed by atoms with E-state index < -0.39 is 66.9 Å². The standard InChI is InChI=1S/C20H28N4O9S/c21-12(8-25)17(29)24-15(9-34)19(31)23-14(7-10-1-3-11(26)4-2-10)18(30)22-13(20(32)33)5-6-16(27)28/h1-4,12-15,25-26,34H,5-9,21H2,(H,22,30)(H,23,31)(H,24,29)(H,27,28)(H,32,33). The highest BCUT2D eigenvalue weighted by Crippen LogP contribution is 2.12. The minimum absolute atomic E-state index is 0.0357. The molecule has 34 heavy (non-hydrogen) atoms. The van der Waals surface area contributed by atoms with E-state index in [4.69, 9.17) is 15.9 Å². The molecule has 4 unspecified atom stereocenters. The number of phenols is 1. The molecule has 0 aliphatic rings. The SMILES string of the molecule is NC(CO)C(=O)NC(CS)C(=O)NC(Cc1ccc(O)cc1)C(=O)NC(CCC(=O)O)C(=O)O. The van der Waals surface area contributed by atoms with Gasteiger partial charge in [-0.3, -0.25) is 19.2 Å². The van der Waals surface area contributed by atoms with Crippen molar-refractivity contribution in [2.45, 2.75) is 43.4 Å². The normalized spacial score (nSPS) is 14.2. The molecular formula is C20H28N4O9S. The van der Waals surface area contributed by atoms with E-state index in [0.29, 0.717) is 5.56 Å². The van der Waals surface area contributed by atoms with Gasteiger partial charge < -0.3 is 42.1 Å². The van der Waals surface area contributed by atoms with E-state index >= 15 is 0 Å². The van der Waals surface area contributed by atoms with Crippen molar-refractivity contribution in [2.24, 2.45) is 5.73 Å². The van der Waals surface area contributed by atoms with Crippen molar-refractivity contribution < 1.29 is 44.4 Å². The summed E-state index contributed by atoms with van der Waals surface area (Å²) in [5, 5.41) is 43.4. The number of aliphatic carboxylic acids is 2. The maximum Gasteiger partial charge on any atom is 0.326 e. The zero-order valence-electron chi connectivity index (χ0n) is 18.0. The van der Waals surface area contributed by atoms with Gasteiger partial charge in [-0.1, -0.05) is 12.1 Å². The van der Waals surface area contributed by atoms with Crippen LogP contribution in [0.2, 0.25) is 0 Å². The topological polar surface area (TPSA) is 228 Å². The first-order chi connectivity index (χ1) is 16.0. The molecule has 188 valence electrons. The van der Waals surface area contributed by atoms with Crippen molar-refractivity contribution in [3.63, 3.8) is 0 Å². The van der Waals surface area contributed by atoms with Gasteiger partial charge >= 0.3 is 11.9 Å². The number of carboxylic acids is 2. The van der Waals surface area contributed by atoms with Crippen LogP contribution in [0.15, 0.2) is 24.3 Å². The molecule has 0 aliphatic heterocycles. The van der Waals surface area contributed by atoms with Gasteiger partial charge in [-0.25, -0.2) is 4.79 Å². The molecule has 1 rings (SSSR count). The largest absolute Gasteiger partial charge is 0.508 e. The average Bonchev–Trinajstić information content (AvgIpc) is 2.79. The molecule has 0 bridgehead atoms. The third kappa shape index (κ3) is 9.64. The Morgan fingerprint density at radius 1 is 0.882 bits per heavy atom. The summed E-state index contributed by atoms with van der Waals surface area (Å²) in [5.74, 6) is -5.48. The summed E-state index contributed by atoms with van der Waals surface area (Å²) in [6.07, 6.45) is -1.01. The number of nitrogens with one attached hydrogen (secondary N) is 3. The van der Waals surface area contributed by atoms with E-state index in [1.54, 1.807) is 0 Å². The van der Waals surface area contributed by atoms with E-state index in [2.05, 4.69) is 28.6 Å². The molecule has 14 heteroatoms. The van der Waals surface area contributed by atoms with Gasteiger partial charge in [-0.15, -0.1) is 0 Å². The van der Waals surface area contributed by atoms with Gasteiger partial charge in [0.15, 0.2) is 0 Å². The van der Waals surface area contributed by atoms with Crippen LogP contribution in [0.1, 0.15) is 18.4 Å². The second-order valence-corrected chi connectivity index (χ2v) is 7.66. The third-order valence-electron chi connectivity index (χ3n) is 4.62. The van der Waals surface area contributed by atoms with Gasteiger partial charge in [-0.2, -0.15) is 12.6 Å². The molecule has 0 aliphatic carbocycles. The number of hydrogen-bond donors (Lipinski definition) is 9. The Morgan fingerprint density at radius 3 is 1.91 bits per heavy atom. The van der Waals surface area contributed by atoms with Crippen LogP contribution >= 0.6 is 12.6 Å². The number of aromatic hydroxyl groups is 1. The van der Waals surface area contributed by atoms with E-state index in [1.165, 1.54) is 24.3 Å². The van der Waals surface area contributed by atoms with E-state index in [1.807, 2.05) is 0 Å². The molecule has 1 aromatic rings. The fraction of sp³-hybridized carbons (Fsp3) is 0.450. The van der Waals surface area contributed by atoms with Crippen LogP contribution in [0.5, 0.6) is 5.75 Å². The first-order valence-electron chi connectivity index (χ1n) is 10.1. The number of aliphatic hydroxyl groups excluding tert-OH is 1. The quantitative estimate of drug-likeness (QED) is 0.123. The molecule has 1 aromatic carbocycles. The van der Waals surface area contributed by atoms with Gasteiger partial charge in [-0.05, 0) is 24.1 Å². The second-order valence-electron chi connectivity index (χ2n) is 7.30. The van der Waals surface area contributed by atoms with Crippen LogP contribution in [0.25, 0.3) is 0 Å². The number of rotatable bonds is 14. The van der Waals surface area contributed by atoms with Crippen LogP contribution in [0.3, 0.4) is 0 Å². The van der Waals surface area contributed by atoms with Gasteiger partial charge in [0.25, 0.3) is 0 Å². The Kier molecular flexibility index (Phi) is 11.8. The van der Waals surface area contributed by atoms with Crippen molar-refractivity contribution >= 4 is 42.3 Å². The van der Waals surface area contributed by atoms with Crippen molar-refractivity contribution in [1.29, 1.82) is 0 Å². The zero-order valence-corrected chi connectivity index (χ0v) is 18.9. The number of hydrogen-bond acceptors (Lipinski definition) is 9. The number of nitrogens with two attached hydrogens (primary N) is 1. The highest BCUT2D eigenvalue weighted by molar-refractivity contribution is 7.80. The lowest BCUT2D eigenvalue weighted by molar-refractivity contribution is -0.143.